The van der Waals surface area contributed by atoms with Crippen molar-refractivity contribution in [2.45, 2.75) is 37.1 Å². The van der Waals surface area contributed by atoms with E-state index >= 15 is 0 Å². The molecule has 1 N–H and O–H groups in total. The van der Waals surface area contributed by atoms with Crippen molar-refractivity contribution in [3.63, 3.8) is 0 Å². The van der Waals surface area contributed by atoms with Gasteiger partial charge in [-0.25, -0.2) is 0 Å². The molecule has 172 valence electrons. The summed E-state index contributed by atoms with van der Waals surface area (Å²) in [4.78, 5) is 30.2. The molecule has 1 atom stereocenters. The van der Waals surface area contributed by atoms with Crippen molar-refractivity contribution in [1.82, 2.24) is 9.55 Å². The summed E-state index contributed by atoms with van der Waals surface area (Å²) in [6, 6.07) is 13.7. The maximum absolute atomic E-state index is 13.2. The highest BCUT2D eigenvalue weighted by Gasteiger charge is 2.32. The number of hydrogen-bond donors (Lipinski definition) is 1. The first-order chi connectivity index (χ1) is 15.9. The van der Waals surface area contributed by atoms with Gasteiger partial charge < -0.3 is 19.4 Å². The molecule has 8 heteroatoms. The molecule has 4 rings (SSSR count). The second kappa shape index (κ2) is 9.70. The molecule has 2 heterocycles. The fourth-order valence-corrected chi connectivity index (χ4v) is 4.99. The van der Waals surface area contributed by atoms with Crippen LogP contribution in [0.25, 0.3) is 0 Å². The summed E-state index contributed by atoms with van der Waals surface area (Å²) >= 11 is 1.47. The number of thioether (sulfide) groups is 1. The molecule has 0 spiro atoms. The minimum Gasteiger partial charge on any atom is -0.493 e. The van der Waals surface area contributed by atoms with E-state index in [0.29, 0.717) is 40.4 Å². The quantitative estimate of drug-likeness (QED) is 0.415. The van der Waals surface area contributed by atoms with E-state index < -0.39 is 5.92 Å². The second-order valence-corrected chi connectivity index (χ2v) is 8.89. The summed E-state index contributed by atoms with van der Waals surface area (Å²) in [5, 5.41) is 3.45. The summed E-state index contributed by atoms with van der Waals surface area (Å²) < 4.78 is 12.9. The van der Waals surface area contributed by atoms with Gasteiger partial charge in [-0.3, -0.25) is 9.59 Å². The van der Waals surface area contributed by atoms with Crippen LogP contribution in [0, 0.1) is 6.92 Å². The van der Waals surface area contributed by atoms with Crippen molar-refractivity contribution in [3.8, 4) is 11.5 Å². The minimum absolute atomic E-state index is 0.142. The molecule has 0 radical (unpaired) electrons. The lowest BCUT2D eigenvalue weighted by molar-refractivity contribution is -0.116. The van der Waals surface area contributed by atoms with Gasteiger partial charge in [-0.2, -0.15) is 4.98 Å². The number of benzene rings is 2. The Balaban J connectivity index is 1.72. The van der Waals surface area contributed by atoms with Crippen LogP contribution in [-0.4, -0.2) is 29.2 Å². The molecular weight excluding hydrogens is 438 g/mol. The Bertz CT molecular complexity index is 1250. The molecule has 0 bridgehead atoms. The van der Waals surface area contributed by atoms with Crippen molar-refractivity contribution >= 4 is 23.5 Å². The van der Waals surface area contributed by atoms with Gasteiger partial charge in [0, 0.05) is 25.1 Å². The van der Waals surface area contributed by atoms with E-state index in [1.165, 1.54) is 17.3 Å². The largest absolute Gasteiger partial charge is 0.493 e. The van der Waals surface area contributed by atoms with Crippen LogP contribution in [0.5, 0.6) is 11.5 Å². The fourth-order valence-electron chi connectivity index (χ4n) is 4.08. The standard InChI is InChI=1S/C25H27N3O4S/c1-5-32-20-12-17(9-10-19(20)31-4)18-13-21(29)26-23-22(18)24(30)27-25(28(23)3)33-14-16-8-6-7-15(2)11-16/h6-12,18H,5,13-14H2,1-4H3,(H,26,29). The van der Waals surface area contributed by atoms with Gasteiger partial charge in [0.2, 0.25) is 5.91 Å². The normalized spacial score (nSPS) is 15.0. The zero-order chi connectivity index (χ0) is 23.5. The Morgan fingerprint density at radius 1 is 1.18 bits per heavy atom. The zero-order valence-electron chi connectivity index (χ0n) is 19.2. The second-order valence-electron chi connectivity index (χ2n) is 7.95. The Hall–Kier alpha value is -3.26. The van der Waals surface area contributed by atoms with Gasteiger partial charge in [0.1, 0.15) is 5.82 Å². The van der Waals surface area contributed by atoms with E-state index in [1.54, 1.807) is 17.7 Å². The predicted molar refractivity (Wildman–Crippen MR) is 129 cm³/mol. The summed E-state index contributed by atoms with van der Waals surface area (Å²) in [5.41, 5.74) is 3.31. The van der Waals surface area contributed by atoms with Gasteiger partial charge in [0.05, 0.1) is 19.3 Å². The van der Waals surface area contributed by atoms with Crippen molar-refractivity contribution < 1.29 is 14.3 Å². The first-order valence-corrected chi connectivity index (χ1v) is 11.8. The van der Waals surface area contributed by atoms with Gasteiger partial charge in [-0.15, -0.1) is 0 Å². The molecule has 1 unspecified atom stereocenters. The fraction of sp³-hybridized carbons (Fsp3) is 0.320. The Morgan fingerprint density at radius 2 is 2.00 bits per heavy atom. The van der Waals surface area contributed by atoms with Crippen LogP contribution in [0.3, 0.4) is 0 Å². The number of hydrogen-bond acceptors (Lipinski definition) is 6. The Labute approximate surface area is 197 Å². The highest BCUT2D eigenvalue weighted by atomic mass is 32.2. The number of ether oxygens (including phenoxy) is 2. The SMILES string of the molecule is CCOc1cc(C2CC(=O)Nc3c2c(=O)nc(SCc2cccc(C)c2)n3C)ccc1OC. The monoisotopic (exact) mass is 465 g/mol. The summed E-state index contributed by atoms with van der Waals surface area (Å²) in [6.45, 7) is 4.42. The molecule has 1 amide bonds. The molecule has 1 aliphatic rings. The van der Waals surface area contributed by atoms with Crippen LogP contribution in [0.15, 0.2) is 52.4 Å². The van der Waals surface area contributed by atoms with Crippen LogP contribution in [-0.2, 0) is 17.6 Å². The highest BCUT2D eigenvalue weighted by Crippen LogP contribution is 2.39. The van der Waals surface area contributed by atoms with Gasteiger partial charge in [0.25, 0.3) is 5.56 Å². The topological polar surface area (TPSA) is 82.5 Å². The summed E-state index contributed by atoms with van der Waals surface area (Å²) in [6.07, 6.45) is 0.164. The number of carbonyl (C=O) groups is 1. The molecule has 0 saturated heterocycles. The first-order valence-electron chi connectivity index (χ1n) is 10.8. The van der Waals surface area contributed by atoms with Crippen LogP contribution >= 0.6 is 11.8 Å². The highest BCUT2D eigenvalue weighted by molar-refractivity contribution is 7.98. The van der Waals surface area contributed by atoms with Crippen molar-refractivity contribution in [1.29, 1.82) is 0 Å². The molecule has 0 saturated carbocycles. The number of aryl methyl sites for hydroxylation is 1. The van der Waals surface area contributed by atoms with E-state index in [9.17, 15) is 9.59 Å². The number of aromatic nitrogens is 2. The van der Waals surface area contributed by atoms with Crippen molar-refractivity contribution in [3.05, 3.63) is 75.1 Å². The minimum atomic E-state index is -0.416. The van der Waals surface area contributed by atoms with Crippen molar-refractivity contribution in [2.75, 3.05) is 19.0 Å². The number of amides is 1. The number of anilines is 1. The number of nitrogens with zero attached hydrogens (tertiary/aromatic N) is 2. The third kappa shape index (κ3) is 4.75. The zero-order valence-corrected chi connectivity index (χ0v) is 20.0. The average molecular weight is 466 g/mol. The molecule has 0 fully saturated rings. The van der Waals surface area contributed by atoms with E-state index in [0.717, 1.165) is 11.1 Å². The third-order valence-electron chi connectivity index (χ3n) is 5.64. The molecule has 33 heavy (non-hydrogen) atoms. The van der Waals surface area contributed by atoms with Gasteiger partial charge >= 0.3 is 0 Å². The number of carbonyl (C=O) groups excluding carboxylic acids is 1. The molecule has 0 aliphatic carbocycles. The van der Waals surface area contributed by atoms with Crippen LogP contribution in [0.2, 0.25) is 0 Å². The van der Waals surface area contributed by atoms with Crippen LogP contribution in [0.1, 0.15) is 41.5 Å². The third-order valence-corrected chi connectivity index (χ3v) is 6.74. The summed E-state index contributed by atoms with van der Waals surface area (Å²) in [7, 11) is 3.41. The lowest BCUT2D eigenvalue weighted by Crippen LogP contribution is -2.33. The molecule has 1 aromatic heterocycles. The number of rotatable bonds is 7. The van der Waals surface area contributed by atoms with E-state index in [2.05, 4.69) is 16.4 Å². The maximum atomic E-state index is 13.2. The maximum Gasteiger partial charge on any atom is 0.279 e. The Kier molecular flexibility index (Phi) is 6.74. The number of nitrogens with one attached hydrogen (secondary N) is 1. The molecule has 7 nitrogen and oxygen atoms in total. The van der Waals surface area contributed by atoms with E-state index in [4.69, 9.17) is 9.47 Å². The van der Waals surface area contributed by atoms with Crippen LogP contribution < -0.4 is 20.3 Å². The molecule has 1 aliphatic heterocycles. The first kappa shape index (κ1) is 22.9. The lowest BCUT2D eigenvalue weighted by Gasteiger charge is -2.28. The van der Waals surface area contributed by atoms with E-state index in [-0.39, 0.29) is 17.9 Å². The molecule has 2 aromatic carbocycles. The molecular formula is C25H27N3O4S. The van der Waals surface area contributed by atoms with Crippen molar-refractivity contribution in [2.24, 2.45) is 7.05 Å². The summed E-state index contributed by atoms with van der Waals surface area (Å²) in [5.74, 6) is 1.80. The van der Waals surface area contributed by atoms with E-state index in [1.807, 2.05) is 51.2 Å². The number of fused-ring (bicyclic) bond motifs is 1. The Morgan fingerprint density at radius 3 is 2.73 bits per heavy atom. The average Bonchev–Trinajstić information content (AvgIpc) is 2.80. The van der Waals surface area contributed by atoms with Gasteiger partial charge in [-0.1, -0.05) is 47.7 Å². The van der Waals surface area contributed by atoms with Gasteiger partial charge in [-0.05, 0) is 37.1 Å². The predicted octanol–water partition coefficient (Wildman–Crippen LogP) is 4.26. The lowest BCUT2D eigenvalue weighted by atomic mass is 9.86. The van der Waals surface area contributed by atoms with Crippen LogP contribution in [0.4, 0.5) is 5.82 Å². The number of methoxy groups -OCH3 is 1. The molecule has 3 aromatic rings. The van der Waals surface area contributed by atoms with Gasteiger partial charge in [0.15, 0.2) is 16.7 Å². The smallest absolute Gasteiger partial charge is 0.279 e.